The number of carbonyl (C=O) groups excluding carboxylic acids is 1. The second-order valence-corrected chi connectivity index (χ2v) is 4.68. The van der Waals surface area contributed by atoms with Gasteiger partial charge in [-0.05, 0) is 30.7 Å². The number of hydrogen-bond acceptors (Lipinski definition) is 2. The third kappa shape index (κ3) is 1.91. The normalized spacial score (nSPS) is 13.4. The topological polar surface area (TPSA) is 46.3 Å². The molecule has 2 aromatic rings. The Morgan fingerprint density at radius 1 is 1.20 bits per heavy atom. The van der Waals surface area contributed by atoms with Crippen LogP contribution in [0.4, 0.5) is 20.2 Å². The predicted molar refractivity (Wildman–Crippen MR) is 72.6 cm³/mol. The molecule has 3 rings (SSSR count). The van der Waals surface area contributed by atoms with Gasteiger partial charge in [0.05, 0.1) is 5.56 Å². The van der Waals surface area contributed by atoms with Gasteiger partial charge in [0.1, 0.15) is 11.6 Å². The smallest absolute Gasteiger partial charge is 0.261 e. The molecule has 1 aliphatic heterocycles. The van der Waals surface area contributed by atoms with E-state index in [-0.39, 0.29) is 5.56 Å². The number of nitrogens with two attached hydrogens (primary N) is 1. The van der Waals surface area contributed by atoms with Crippen molar-refractivity contribution in [2.45, 2.75) is 6.42 Å². The van der Waals surface area contributed by atoms with E-state index in [1.54, 1.807) is 18.2 Å². The van der Waals surface area contributed by atoms with Gasteiger partial charge in [-0.2, -0.15) is 0 Å². The summed E-state index contributed by atoms with van der Waals surface area (Å²) in [7, 11) is 0. The Bertz CT molecular complexity index is 700. The predicted octanol–water partition coefficient (Wildman–Crippen LogP) is 2.75. The van der Waals surface area contributed by atoms with E-state index in [9.17, 15) is 13.6 Å². The molecule has 1 amide bonds. The molecule has 0 fully saturated rings. The summed E-state index contributed by atoms with van der Waals surface area (Å²) in [4.78, 5) is 13.8. The van der Waals surface area contributed by atoms with Gasteiger partial charge < -0.3 is 10.6 Å². The van der Waals surface area contributed by atoms with Crippen molar-refractivity contribution in [3.05, 3.63) is 59.2 Å². The second kappa shape index (κ2) is 4.59. The highest BCUT2D eigenvalue weighted by molar-refractivity contribution is 6.07. The summed E-state index contributed by atoms with van der Waals surface area (Å²) >= 11 is 0. The Labute approximate surface area is 114 Å². The fourth-order valence-electron chi connectivity index (χ4n) is 2.48. The van der Waals surface area contributed by atoms with Crippen LogP contribution >= 0.6 is 0 Å². The minimum atomic E-state index is -0.854. The number of hydrogen-bond donors (Lipinski definition) is 1. The molecule has 102 valence electrons. The van der Waals surface area contributed by atoms with Crippen molar-refractivity contribution in [2.24, 2.45) is 0 Å². The molecule has 0 radical (unpaired) electrons. The van der Waals surface area contributed by atoms with Crippen LogP contribution in [0.2, 0.25) is 0 Å². The standard InChI is InChI=1S/C15H12F2N2O/c16-9-4-5-10(12(17)8-9)15(20)19-7-6-11-13(18)2-1-3-14(11)19/h1-5,8H,6-7,18H2. The molecule has 0 aliphatic carbocycles. The molecule has 1 heterocycles. The molecule has 3 nitrogen and oxygen atoms in total. The van der Waals surface area contributed by atoms with Crippen LogP contribution in [0, 0.1) is 11.6 Å². The molecule has 0 bridgehead atoms. The van der Waals surface area contributed by atoms with Crippen LogP contribution in [0.15, 0.2) is 36.4 Å². The lowest BCUT2D eigenvalue weighted by Gasteiger charge is -2.18. The average molecular weight is 274 g/mol. The van der Waals surface area contributed by atoms with E-state index in [1.165, 1.54) is 4.90 Å². The maximum atomic E-state index is 13.7. The molecule has 5 heteroatoms. The van der Waals surface area contributed by atoms with Crippen LogP contribution in [0.1, 0.15) is 15.9 Å². The van der Waals surface area contributed by atoms with Gasteiger partial charge in [0.15, 0.2) is 0 Å². The van der Waals surface area contributed by atoms with Crippen molar-refractivity contribution in [3.8, 4) is 0 Å². The fraction of sp³-hybridized carbons (Fsp3) is 0.133. The number of carbonyl (C=O) groups is 1. The fourth-order valence-corrected chi connectivity index (χ4v) is 2.48. The summed E-state index contributed by atoms with van der Waals surface area (Å²) in [5, 5.41) is 0. The molecule has 0 spiro atoms. The Morgan fingerprint density at radius 2 is 2.00 bits per heavy atom. The minimum Gasteiger partial charge on any atom is -0.398 e. The molecular weight excluding hydrogens is 262 g/mol. The van der Waals surface area contributed by atoms with Gasteiger partial charge in [0.2, 0.25) is 0 Å². The number of amides is 1. The number of nitrogen functional groups attached to an aromatic ring is 1. The molecular formula is C15H12F2N2O. The first-order valence-electron chi connectivity index (χ1n) is 6.22. The first-order valence-corrected chi connectivity index (χ1v) is 6.22. The molecule has 2 N–H and O–H groups in total. The Kier molecular flexibility index (Phi) is 2.89. The zero-order chi connectivity index (χ0) is 14.3. The van der Waals surface area contributed by atoms with E-state index < -0.39 is 17.5 Å². The van der Waals surface area contributed by atoms with E-state index in [0.717, 1.165) is 17.7 Å². The van der Waals surface area contributed by atoms with Crippen LogP contribution in [-0.2, 0) is 6.42 Å². The summed E-state index contributed by atoms with van der Waals surface area (Å²) in [6.45, 7) is 0.444. The lowest BCUT2D eigenvalue weighted by molar-refractivity contribution is 0.0985. The monoisotopic (exact) mass is 274 g/mol. The van der Waals surface area contributed by atoms with Crippen molar-refractivity contribution < 1.29 is 13.6 Å². The summed E-state index contributed by atoms with van der Waals surface area (Å²) in [5.74, 6) is -2.04. The lowest BCUT2D eigenvalue weighted by atomic mass is 10.1. The van der Waals surface area contributed by atoms with Crippen molar-refractivity contribution in [1.82, 2.24) is 0 Å². The van der Waals surface area contributed by atoms with E-state index >= 15 is 0 Å². The maximum Gasteiger partial charge on any atom is 0.261 e. The highest BCUT2D eigenvalue weighted by Gasteiger charge is 2.28. The number of halogens is 2. The summed E-state index contributed by atoms with van der Waals surface area (Å²) < 4.78 is 26.6. The third-order valence-electron chi connectivity index (χ3n) is 3.47. The summed E-state index contributed by atoms with van der Waals surface area (Å²) in [5.41, 5.74) is 7.93. The highest BCUT2D eigenvalue weighted by atomic mass is 19.1. The maximum absolute atomic E-state index is 13.7. The van der Waals surface area contributed by atoms with Crippen LogP contribution in [0.3, 0.4) is 0 Å². The highest BCUT2D eigenvalue weighted by Crippen LogP contribution is 2.33. The number of anilines is 2. The lowest BCUT2D eigenvalue weighted by Crippen LogP contribution is -2.29. The van der Waals surface area contributed by atoms with Gasteiger partial charge in [-0.1, -0.05) is 6.07 Å². The van der Waals surface area contributed by atoms with Gasteiger partial charge in [-0.25, -0.2) is 8.78 Å². The van der Waals surface area contributed by atoms with Gasteiger partial charge >= 0.3 is 0 Å². The molecule has 20 heavy (non-hydrogen) atoms. The molecule has 2 aromatic carbocycles. The molecule has 0 aromatic heterocycles. The van der Waals surface area contributed by atoms with E-state index in [2.05, 4.69) is 0 Å². The molecule has 1 aliphatic rings. The van der Waals surface area contributed by atoms with E-state index in [0.29, 0.717) is 30.4 Å². The number of nitrogens with zero attached hydrogens (tertiary/aromatic N) is 1. The van der Waals surface area contributed by atoms with Crippen molar-refractivity contribution in [3.63, 3.8) is 0 Å². The van der Waals surface area contributed by atoms with E-state index in [4.69, 9.17) is 5.73 Å². The summed E-state index contributed by atoms with van der Waals surface area (Å²) in [6.07, 6.45) is 0.635. The average Bonchev–Trinajstić information content (AvgIpc) is 2.83. The molecule has 0 atom stereocenters. The number of fused-ring (bicyclic) bond motifs is 1. The number of rotatable bonds is 1. The van der Waals surface area contributed by atoms with Crippen LogP contribution in [0.25, 0.3) is 0 Å². The zero-order valence-electron chi connectivity index (χ0n) is 10.6. The Hall–Kier alpha value is -2.43. The van der Waals surface area contributed by atoms with Gasteiger partial charge in [-0.3, -0.25) is 4.79 Å². The molecule has 0 saturated heterocycles. The SMILES string of the molecule is Nc1cccc2c1CCN2C(=O)c1ccc(F)cc1F. The second-order valence-electron chi connectivity index (χ2n) is 4.68. The van der Waals surface area contributed by atoms with E-state index in [1.807, 2.05) is 0 Å². The van der Waals surface area contributed by atoms with Crippen molar-refractivity contribution in [1.29, 1.82) is 0 Å². The first kappa shape index (κ1) is 12.6. The van der Waals surface area contributed by atoms with Gasteiger partial charge in [0.25, 0.3) is 5.91 Å². The summed E-state index contributed by atoms with van der Waals surface area (Å²) in [6, 6.07) is 8.25. The quantitative estimate of drug-likeness (QED) is 0.813. The van der Waals surface area contributed by atoms with Crippen molar-refractivity contribution in [2.75, 3.05) is 17.2 Å². The number of benzene rings is 2. The van der Waals surface area contributed by atoms with Crippen LogP contribution < -0.4 is 10.6 Å². The van der Waals surface area contributed by atoms with Crippen LogP contribution in [-0.4, -0.2) is 12.5 Å². The Balaban J connectivity index is 2.00. The van der Waals surface area contributed by atoms with Crippen LogP contribution in [0.5, 0.6) is 0 Å². The third-order valence-corrected chi connectivity index (χ3v) is 3.47. The van der Waals surface area contributed by atoms with Crippen molar-refractivity contribution >= 4 is 17.3 Å². The van der Waals surface area contributed by atoms with Gasteiger partial charge in [-0.15, -0.1) is 0 Å². The Morgan fingerprint density at radius 3 is 2.75 bits per heavy atom. The molecule has 0 unspecified atom stereocenters. The minimum absolute atomic E-state index is 0.137. The molecule has 0 saturated carbocycles. The zero-order valence-corrected chi connectivity index (χ0v) is 10.6. The first-order chi connectivity index (χ1) is 9.58. The van der Waals surface area contributed by atoms with Gasteiger partial charge in [0, 0.05) is 29.5 Å². The largest absolute Gasteiger partial charge is 0.398 e.